The van der Waals surface area contributed by atoms with Gasteiger partial charge in [0.15, 0.2) is 0 Å². The van der Waals surface area contributed by atoms with Crippen LogP contribution in [0.2, 0.25) is 14.9 Å². The van der Waals surface area contributed by atoms with Gasteiger partial charge in [-0.3, -0.25) is 0 Å². The SMILES string of the molecule is C[CH2][Ga]1[CH2]CCN(C)CC[CH2]1. The molecule has 1 aliphatic rings. The molecule has 0 amide bonds. The third-order valence-corrected chi connectivity index (χ3v) is 10.4. The zero-order valence-corrected chi connectivity index (χ0v) is 10.4. The Balaban J connectivity index is 2.22. The maximum absolute atomic E-state index is 2.49. The molecular weight excluding hydrogens is 192 g/mol. The summed E-state index contributed by atoms with van der Waals surface area (Å²) in [6.45, 7) is 5.14. The summed E-state index contributed by atoms with van der Waals surface area (Å²) in [7, 11) is 2.26. The van der Waals surface area contributed by atoms with Gasteiger partial charge in [-0.1, -0.05) is 0 Å². The predicted octanol–water partition coefficient (Wildman–Crippen LogP) is 2.23. The Morgan fingerprint density at radius 3 is 2.18 bits per heavy atom. The molecule has 2 heteroatoms. The molecule has 64 valence electrons. The van der Waals surface area contributed by atoms with Crippen LogP contribution in [0.25, 0.3) is 0 Å². The quantitative estimate of drug-likeness (QED) is 0.602. The van der Waals surface area contributed by atoms with Gasteiger partial charge in [0.2, 0.25) is 0 Å². The molecule has 0 N–H and O–H groups in total. The van der Waals surface area contributed by atoms with Gasteiger partial charge >= 0.3 is 75.9 Å². The second-order valence-corrected chi connectivity index (χ2v) is 11.6. The molecule has 0 atom stereocenters. The predicted molar refractivity (Wildman–Crippen MR) is 52.6 cm³/mol. The molecule has 0 unspecified atom stereocenters. The van der Waals surface area contributed by atoms with Crippen LogP contribution in [0.15, 0.2) is 0 Å². The van der Waals surface area contributed by atoms with Crippen molar-refractivity contribution >= 4 is 16.2 Å². The van der Waals surface area contributed by atoms with E-state index < -0.39 is 16.2 Å². The first-order chi connectivity index (χ1) is 5.33. The molecule has 0 radical (unpaired) electrons. The molecule has 0 spiro atoms. The summed E-state index contributed by atoms with van der Waals surface area (Å²) >= 11 is -0.676. The van der Waals surface area contributed by atoms with Gasteiger partial charge in [0.1, 0.15) is 0 Å². The average Bonchev–Trinajstić information content (AvgIpc) is 1.96. The molecular formula is C9H20GaN. The standard InChI is InChI=1S/C7H15N.C2H5.Ga/c1-4-6-8(3)7-5-2;1-2;/h1-2,4-7H2,3H3;1H2,2H3;. The van der Waals surface area contributed by atoms with E-state index in [9.17, 15) is 0 Å². The molecule has 1 rings (SSSR count). The summed E-state index contributed by atoms with van der Waals surface area (Å²) in [5, 5.41) is 0. The first-order valence-corrected chi connectivity index (χ1v) is 10.2. The Morgan fingerprint density at radius 2 is 1.73 bits per heavy atom. The second-order valence-electron chi connectivity index (χ2n) is 3.86. The fraction of sp³-hybridized carbons (Fsp3) is 1.00. The van der Waals surface area contributed by atoms with Crippen molar-refractivity contribution in [2.24, 2.45) is 0 Å². The summed E-state index contributed by atoms with van der Waals surface area (Å²) in [4.78, 5) is 7.37. The Labute approximate surface area is 76.2 Å². The van der Waals surface area contributed by atoms with E-state index in [-0.39, 0.29) is 0 Å². The van der Waals surface area contributed by atoms with Gasteiger partial charge in [0.05, 0.1) is 0 Å². The van der Waals surface area contributed by atoms with Crippen molar-refractivity contribution in [1.29, 1.82) is 0 Å². The van der Waals surface area contributed by atoms with E-state index in [0.717, 1.165) is 0 Å². The molecule has 0 aromatic rings. The zero-order valence-electron chi connectivity index (χ0n) is 7.97. The number of hydrogen-bond acceptors (Lipinski definition) is 1. The van der Waals surface area contributed by atoms with Crippen molar-refractivity contribution in [3.05, 3.63) is 0 Å². The first-order valence-electron chi connectivity index (χ1n) is 5.01. The van der Waals surface area contributed by atoms with Gasteiger partial charge in [-0.2, -0.15) is 0 Å². The summed E-state index contributed by atoms with van der Waals surface area (Å²) < 4.78 is 0. The Kier molecular flexibility index (Phi) is 4.65. The van der Waals surface area contributed by atoms with Crippen LogP contribution < -0.4 is 0 Å². The van der Waals surface area contributed by atoms with Crippen LogP contribution in [0.3, 0.4) is 0 Å². The Hall–Kier alpha value is 0.596. The average molecular weight is 212 g/mol. The Morgan fingerprint density at radius 1 is 1.18 bits per heavy atom. The van der Waals surface area contributed by atoms with Gasteiger partial charge in [-0.05, 0) is 0 Å². The number of hydrogen-bond donors (Lipinski definition) is 0. The zero-order chi connectivity index (χ0) is 8.10. The van der Waals surface area contributed by atoms with Gasteiger partial charge < -0.3 is 0 Å². The molecule has 0 saturated carbocycles. The van der Waals surface area contributed by atoms with E-state index >= 15 is 0 Å². The van der Waals surface area contributed by atoms with Crippen LogP contribution in [0, 0.1) is 0 Å². The Bertz CT molecular complexity index is 95.7. The molecule has 1 saturated heterocycles. The van der Waals surface area contributed by atoms with E-state index in [1.165, 1.54) is 25.9 Å². The maximum atomic E-state index is 2.49. The van der Waals surface area contributed by atoms with Crippen molar-refractivity contribution < 1.29 is 0 Å². The second kappa shape index (κ2) is 5.28. The van der Waals surface area contributed by atoms with Crippen molar-refractivity contribution in [1.82, 2.24) is 4.90 Å². The van der Waals surface area contributed by atoms with E-state index in [1.807, 2.05) is 0 Å². The fourth-order valence-corrected chi connectivity index (χ4v) is 7.47. The third-order valence-electron chi connectivity index (χ3n) is 2.88. The summed E-state index contributed by atoms with van der Waals surface area (Å²) in [5.41, 5.74) is 0. The van der Waals surface area contributed by atoms with Crippen LogP contribution in [-0.2, 0) is 0 Å². The van der Waals surface area contributed by atoms with E-state index in [1.54, 1.807) is 14.9 Å². The molecule has 11 heavy (non-hydrogen) atoms. The van der Waals surface area contributed by atoms with Crippen molar-refractivity contribution in [2.45, 2.75) is 34.7 Å². The summed E-state index contributed by atoms with van der Waals surface area (Å²) in [6.07, 6.45) is 2.99. The van der Waals surface area contributed by atoms with Crippen LogP contribution in [0.4, 0.5) is 0 Å². The van der Waals surface area contributed by atoms with Crippen LogP contribution in [-0.4, -0.2) is 41.3 Å². The van der Waals surface area contributed by atoms with Gasteiger partial charge in [-0.15, -0.1) is 0 Å². The van der Waals surface area contributed by atoms with Crippen LogP contribution >= 0.6 is 0 Å². The van der Waals surface area contributed by atoms with Crippen molar-refractivity contribution in [3.8, 4) is 0 Å². The molecule has 1 fully saturated rings. The molecule has 0 aromatic heterocycles. The van der Waals surface area contributed by atoms with Gasteiger partial charge in [0, 0.05) is 0 Å². The van der Waals surface area contributed by atoms with E-state index in [0.29, 0.717) is 0 Å². The molecule has 1 heterocycles. The van der Waals surface area contributed by atoms with Crippen molar-refractivity contribution in [3.63, 3.8) is 0 Å². The minimum absolute atomic E-state index is 0.676. The topological polar surface area (TPSA) is 3.24 Å². The number of nitrogens with zero attached hydrogens (tertiary/aromatic N) is 1. The van der Waals surface area contributed by atoms with Crippen molar-refractivity contribution in [2.75, 3.05) is 20.1 Å². The number of rotatable bonds is 1. The molecule has 0 bridgehead atoms. The van der Waals surface area contributed by atoms with E-state index in [2.05, 4.69) is 18.9 Å². The molecule has 0 aliphatic carbocycles. The van der Waals surface area contributed by atoms with Gasteiger partial charge in [0.25, 0.3) is 0 Å². The third kappa shape index (κ3) is 3.68. The monoisotopic (exact) mass is 211 g/mol. The summed E-state index contributed by atoms with van der Waals surface area (Å²) in [6, 6.07) is 0. The normalized spacial score (nSPS) is 22.9. The minimum atomic E-state index is -0.676. The molecule has 1 aliphatic heterocycles. The van der Waals surface area contributed by atoms with Crippen LogP contribution in [0.1, 0.15) is 19.8 Å². The molecule has 1 nitrogen and oxygen atoms in total. The molecule has 0 aromatic carbocycles. The van der Waals surface area contributed by atoms with Crippen LogP contribution in [0.5, 0.6) is 0 Å². The van der Waals surface area contributed by atoms with E-state index in [4.69, 9.17) is 0 Å². The van der Waals surface area contributed by atoms with Gasteiger partial charge in [-0.25, -0.2) is 0 Å². The first kappa shape index (κ1) is 9.68. The summed E-state index contributed by atoms with van der Waals surface area (Å²) in [5.74, 6) is 0. The fourth-order valence-electron chi connectivity index (χ4n) is 1.96.